The Morgan fingerprint density at radius 2 is 1.71 bits per heavy atom. The largest absolute Gasteiger partial charge is 0.325 e. The van der Waals surface area contributed by atoms with E-state index in [4.69, 9.17) is 5.73 Å². The van der Waals surface area contributed by atoms with Crippen LogP contribution in [0.15, 0.2) is 0 Å². The minimum absolute atomic E-state index is 0.0263. The van der Waals surface area contributed by atoms with Gasteiger partial charge in [0.05, 0.1) is 11.5 Å². The van der Waals surface area contributed by atoms with Gasteiger partial charge in [-0.1, -0.05) is 6.92 Å². The minimum atomic E-state index is -2.91. The Morgan fingerprint density at radius 3 is 2.18 bits per heavy atom. The minimum Gasteiger partial charge on any atom is -0.325 e. The molecule has 5 heteroatoms. The number of rotatable bonds is 2. The molecule has 0 aromatic carbocycles. The average Bonchev–Trinajstić information content (AvgIpc) is 2.52. The lowest BCUT2D eigenvalue weighted by Crippen LogP contribution is -2.50. The lowest BCUT2D eigenvalue weighted by atomic mass is 9.86. The number of hydrogen-bond acceptors (Lipinski definition) is 4. The Labute approximate surface area is 104 Å². The average molecular weight is 260 g/mol. The first-order valence-corrected chi connectivity index (χ1v) is 8.39. The molecular weight excluding hydrogens is 236 g/mol. The predicted octanol–water partition coefficient (Wildman–Crippen LogP) is 0.621. The Balaban J connectivity index is 1.98. The van der Waals surface area contributed by atoms with E-state index in [1.165, 1.54) is 25.7 Å². The summed E-state index contributed by atoms with van der Waals surface area (Å²) in [5.74, 6) is 1.22. The van der Waals surface area contributed by atoms with E-state index in [-0.39, 0.29) is 23.6 Å². The van der Waals surface area contributed by atoms with Crippen LogP contribution in [0.5, 0.6) is 0 Å². The van der Waals surface area contributed by atoms with Crippen molar-refractivity contribution in [2.45, 2.75) is 50.7 Å². The zero-order chi connectivity index (χ0) is 12.6. The maximum atomic E-state index is 11.6. The number of sulfone groups is 1. The first-order valence-electron chi connectivity index (χ1n) is 6.57. The standard InChI is InChI=1S/C12H24N2O2S/c1-9-3-5-10(6-4-9)14(2)12-8-17(15,16)7-11(12)13/h9-12H,3-8,13H2,1-2H3. The first kappa shape index (κ1) is 13.3. The van der Waals surface area contributed by atoms with Crippen LogP contribution in [0.1, 0.15) is 32.6 Å². The van der Waals surface area contributed by atoms with Crippen LogP contribution in [0.4, 0.5) is 0 Å². The highest BCUT2D eigenvalue weighted by Gasteiger charge is 2.40. The summed E-state index contributed by atoms with van der Waals surface area (Å²) in [5, 5.41) is 0. The molecule has 17 heavy (non-hydrogen) atoms. The highest BCUT2D eigenvalue weighted by atomic mass is 32.2. The van der Waals surface area contributed by atoms with Gasteiger partial charge in [-0.3, -0.25) is 4.90 Å². The second kappa shape index (κ2) is 4.86. The van der Waals surface area contributed by atoms with E-state index >= 15 is 0 Å². The molecule has 0 amide bonds. The van der Waals surface area contributed by atoms with E-state index < -0.39 is 9.84 Å². The molecule has 2 rings (SSSR count). The Bertz CT molecular complexity index is 361. The van der Waals surface area contributed by atoms with Gasteiger partial charge in [0.15, 0.2) is 9.84 Å². The second-order valence-electron chi connectivity index (χ2n) is 5.89. The summed E-state index contributed by atoms with van der Waals surface area (Å²) < 4.78 is 23.2. The third-order valence-electron chi connectivity index (χ3n) is 4.45. The second-order valence-corrected chi connectivity index (χ2v) is 8.04. The van der Waals surface area contributed by atoms with Crippen LogP contribution in [-0.4, -0.2) is 50.0 Å². The molecule has 4 nitrogen and oxygen atoms in total. The fourth-order valence-corrected chi connectivity index (χ4v) is 5.14. The monoisotopic (exact) mass is 260 g/mol. The van der Waals surface area contributed by atoms with Gasteiger partial charge in [-0.2, -0.15) is 0 Å². The normalized spacial score (nSPS) is 41.9. The molecule has 1 heterocycles. The molecule has 1 aliphatic heterocycles. The molecule has 2 fully saturated rings. The van der Waals surface area contributed by atoms with Crippen molar-refractivity contribution < 1.29 is 8.42 Å². The smallest absolute Gasteiger partial charge is 0.153 e. The lowest BCUT2D eigenvalue weighted by Gasteiger charge is -2.38. The van der Waals surface area contributed by atoms with Crippen molar-refractivity contribution >= 4 is 9.84 Å². The summed E-state index contributed by atoms with van der Waals surface area (Å²) in [5.41, 5.74) is 5.97. The Kier molecular flexibility index (Phi) is 3.80. The van der Waals surface area contributed by atoms with E-state index in [2.05, 4.69) is 11.8 Å². The maximum Gasteiger partial charge on any atom is 0.153 e. The van der Waals surface area contributed by atoms with Gasteiger partial charge in [-0.25, -0.2) is 8.42 Å². The van der Waals surface area contributed by atoms with Gasteiger partial charge in [-0.05, 0) is 38.6 Å². The van der Waals surface area contributed by atoms with Crippen molar-refractivity contribution in [1.82, 2.24) is 4.90 Å². The van der Waals surface area contributed by atoms with Crippen LogP contribution < -0.4 is 5.73 Å². The molecule has 0 aromatic heterocycles. The lowest BCUT2D eigenvalue weighted by molar-refractivity contribution is 0.126. The molecule has 2 unspecified atom stereocenters. The highest BCUT2D eigenvalue weighted by molar-refractivity contribution is 7.91. The molecule has 0 bridgehead atoms. The van der Waals surface area contributed by atoms with E-state index in [1.807, 2.05) is 7.05 Å². The molecule has 0 radical (unpaired) electrons. The van der Waals surface area contributed by atoms with Crippen LogP contribution in [0.25, 0.3) is 0 Å². The van der Waals surface area contributed by atoms with E-state index in [0.717, 1.165) is 5.92 Å². The van der Waals surface area contributed by atoms with Crippen LogP contribution in [0, 0.1) is 5.92 Å². The van der Waals surface area contributed by atoms with Crippen molar-refractivity contribution in [1.29, 1.82) is 0 Å². The fourth-order valence-electron chi connectivity index (χ4n) is 3.20. The third-order valence-corrected chi connectivity index (χ3v) is 6.19. The molecule has 100 valence electrons. The number of likely N-dealkylation sites (N-methyl/N-ethyl adjacent to an activating group) is 1. The molecule has 0 aromatic rings. The van der Waals surface area contributed by atoms with Crippen molar-refractivity contribution in [3.63, 3.8) is 0 Å². The van der Waals surface area contributed by atoms with Gasteiger partial charge in [0, 0.05) is 18.1 Å². The molecule has 1 saturated carbocycles. The third kappa shape index (κ3) is 3.01. The van der Waals surface area contributed by atoms with Gasteiger partial charge in [0.2, 0.25) is 0 Å². The highest BCUT2D eigenvalue weighted by Crippen LogP contribution is 2.29. The van der Waals surface area contributed by atoms with E-state index in [0.29, 0.717) is 6.04 Å². The summed E-state index contributed by atoms with van der Waals surface area (Å²) in [6, 6.07) is 0.346. The Hall–Kier alpha value is -0.130. The zero-order valence-electron chi connectivity index (χ0n) is 10.8. The van der Waals surface area contributed by atoms with Crippen LogP contribution >= 0.6 is 0 Å². The van der Waals surface area contributed by atoms with E-state index in [1.54, 1.807) is 0 Å². The Morgan fingerprint density at radius 1 is 1.12 bits per heavy atom. The molecule has 2 N–H and O–H groups in total. The molecule has 1 aliphatic carbocycles. The van der Waals surface area contributed by atoms with Crippen molar-refractivity contribution in [2.24, 2.45) is 11.7 Å². The van der Waals surface area contributed by atoms with Crippen molar-refractivity contribution in [3.05, 3.63) is 0 Å². The maximum absolute atomic E-state index is 11.6. The van der Waals surface area contributed by atoms with Crippen molar-refractivity contribution in [3.8, 4) is 0 Å². The molecule has 2 atom stereocenters. The van der Waals surface area contributed by atoms with Crippen LogP contribution in [-0.2, 0) is 9.84 Å². The van der Waals surface area contributed by atoms with Gasteiger partial charge in [0.25, 0.3) is 0 Å². The quantitative estimate of drug-likeness (QED) is 0.790. The zero-order valence-corrected chi connectivity index (χ0v) is 11.6. The van der Waals surface area contributed by atoms with Gasteiger partial charge < -0.3 is 5.73 Å². The molecule has 2 aliphatic rings. The number of nitrogens with two attached hydrogens (primary N) is 1. The first-order chi connectivity index (χ1) is 7.89. The molecule has 1 saturated heterocycles. The van der Waals surface area contributed by atoms with Gasteiger partial charge in [0.1, 0.15) is 0 Å². The predicted molar refractivity (Wildman–Crippen MR) is 69.6 cm³/mol. The SMILES string of the molecule is CC1CCC(N(C)C2CS(=O)(=O)CC2N)CC1. The van der Waals surface area contributed by atoms with Crippen molar-refractivity contribution in [2.75, 3.05) is 18.6 Å². The summed E-state index contributed by atoms with van der Waals surface area (Å²) in [4.78, 5) is 2.24. The van der Waals surface area contributed by atoms with Gasteiger partial charge >= 0.3 is 0 Å². The van der Waals surface area contributed by atoms with Crippen LogP contribution in [0.3, 0.4) is 0 Å². The van der Waals surface area contributed by atoms with Crippen LogP contribution in [0.2, 0.25) is 0 Å². The van der Waals surface area contributed by atoms with Gasteiger partial charge in [-0.15, -0.1) is 0 Å². The summed E-state index contributed by atoms with van der Waals surface area (Å²) in [6.07, 6.45) is 4.87. The molecular formula is C12H24N2O2S. The number of nitrogens with zero attached hydrogens (tertiary/aromatic N) is 1. The van der Waals surface area contributed by atoms with E-state index in [9.17, 15) is 8.42 Å². The summed E-state index contributed by atoms with van der Waals surface area (Å²) >= 11 is 0. The fraction of sp³-hybridized carbons (Fsp3) is 1.00. The number of hydrogen-bond donors (Lipinski definition) is 1. The summed E-state index contributed by atoms with van der Waals surface area (Å²) in [7, 11) is -0.858. The molecule has 0 spiro atoms. The summed E-state index contributed by atoms with van der Waals surface area (Å²) in [6.45, 7) is 2.29. The topological polar surface area (TPSA) is 63.4 Å².